The van der Waals surface area contributed by atoms with Crippen molar-refractivity contribution in [1.82, 2.24) is 0 Å². The Bertz CT molecular complexity index is 1180. The minimum atomic E-state index is -0.586. The normalized spacial score (nSPS) is 10.9. The Morgan fingerprint density at radius 3 is 2.57 bits per heavy atom. The Kier molecular flexibility index (Phi) is 6.29. The van der Waals surface area contributed by atoms with E-state index in [-0.39, 0.29) is 17.0 Å². The van der Waals surface area contributed by atoms with Gasteiger partial charge in [-0.3, -0.25) is 14.9 Å². The van der Waals surface area contributed by atoms with Gasteiger partial charge < -0.3 is 14.5 Å². The Hall–Kier alpha value is -3.90. The maximum Gasteiger partial charge on any atom is 0.270 e. The predicted octanol–water partition coefficient (Wildman–Crippen LogP) is 5.17. The van der Waals surface area contributed by atoms with Gasteiger partial charge in [0.05, 0.1) is 12.0 Å². The molecule has 1 N–H and O–H groups in total. The van der Waals surface area contributed by atoms with E-state index in [9.17, 15) is 20.2 Å². The van der Waals surface area contributed by atoms with Crippen molar-refractivity contribution in [3.05, 3.63) is 80.5 Å². The Labute approximate surface area is 179 Å². The van der Waals surface area contributed by atoms with Gasteiger partial charge in [0.15, 0.2) is 0 Å². The molecule has 1 heterocycles. The lowest BCUT2D eigenvalue weighted by Gasteiger charge is -2.05. The Morgan fingerprint density at radius 2 is 1.97 bits per heavy atom. The standard InChI is InChI=1S/C21H14BrN3O5/c1-29-16-5-2-14(3-6-16)24-21(26)13(12-23)10-17-7-9-20(30-17)18-8-4-15(25(27)28)11-19(18)22/h2-11H,1H3,(H,24,26)/b13-10-. The first-order valence-corrected chi connectivity index (χ1v) is 9.32. The van der Waals surface area contributed by atoms with Crippen LogP contribution in [0.3, 0.4) is 0 Å². The molecule has 0 aliphatic heterocycles. The molecule has 0 fully saturated rings. The number of methoxy groups -OCH3 is 1. The van der Waals surface area contributed by atoms with Crippen LogP contribution >= 0.6 is 15.9 Å². The molecule has 2 aromatic carbocycles. The molecule has 8 nitrogen and oxygen atoms in total. The number of rotatable bonds is 6. The fourth-order valence-corrected chi connectivity index (χ4v) is 3.12. The van der Waals surface area contributed by atoms with Crippen LogP contribution in [0.2, 0.25) is 0 Å². The van der Waals surface area contributed by atoms with Gasteiger partial charge in [-0.2, -0.15) is 5.26 Å². The summed E-state index contributed by atoms with van der Waals surface area (Å²) in [7, 11) is 1.54. The number of ether oxygens (including phenoxy) is 1. The second-order valence-corrected chi connectivity index (χ2v) is 6.83. The number of amides is 1. The minimum absolute atomic E-state index is 0.0562. The molecule has 0 bridgehead atoms. The second kappa shape index (κ2) is 9.07. The molecule has 9 heteroatoms. The number of benzene rings is 2. The number of hydrogen-bond donors (Lipinski definition) is 1. The summed E-state index contributed by atoms with van der Waals surface area (Å²) in [6, 6.07) is 16.1. The number of carbonyl (C=O) groups excluding carboxylic acids is 1. The zero-order chi connectivity index (χ0) is 21.7. The van der Waals surface area contributed by atoms with Crippen LogP contribution in [0, 0.1) is 21.4 Å². The van der Waals surface area contributed by atoms with E-state index in [0.29, 0.717) is 27.2 Å². The van der Waals surface area contributed by atoms with Gasteiger partial charge in [0.2, 0.25) is 0 Å². The van der Waals surface area contributed by atoms with E-state index in [0.717, 1.165) is 0 Å². The van der Waals surface area contributed by atoms with E-state index in [1.54, 1.807) is 42.5 Å². The van der Waals surface area contributed by atoms with Crippen molar-refractivity contribution in [2.75, 3.05) is 12.4 Å². The summed E-state index contributed by atoms with van der Waals surface area (Å²) in [6.45, 7) is 0. The van der Waals surface area contributed by atoms with Gasteiger partial charge in [0, 0.05) is 33.9 Å². The lowest BCUT2D eigenvalue weighted by molar-refractivity contribution is -0.384. The monoisotopic (exact) mass is 467 g/mol. The average Bonchev–Trinajstić information content (AvgIpc) is 3.20. The van der Waals surface area contributed by atoms with Crippen molar-refractivity contribution in [3.8, 4) is 23.1 Å². The molecule has 0 radical (unpaired) electrons. The molecule has 0 atom stereocenters. The van der Waals surface area contributed by atoms with Crippen molar-refractivity contribution >= 4 is 39.3 Å². The van der Waals surface area contributed by atoms with Crippen LogP contribution in [-0.2, 0) is 4.79 Å². The molecule has 3 aromatic rings. The van der Waals surface area contributed by atoms with Gasteiger partial charge in [0.25, 0.3) is 11.6 Å². The number of nitrogens with one attached hydrogen (secondary N) is 1. The van der Waals surface area contributed by atoms with E-state index in [2.05, 4.69) is 21.2 Å². The van der Waals surface area contributed by atoms with E-state index < -0.39 is 10.8 Å². The maximum absolute atomic E-state index is 12.4. The van der Waals surface area contributed by atoms with Crippen LogP contribution < -0.4 is 10.1 Å². The molecule has 3 rings (SSSR count). The number of furan rings is 1. The lowest BCUT2D eigenvalue weighted by atomic mass is 10.1. The van der Waals surface area contributed by atoms with Crippen molar-refractivity contribution in [2.24, 2.45) is 0 Å². The van der Waals surface area contributed by atoms with Crippen molar-refractivity contribution < 1.29 is 18.9 Å². The van der Waals surface area contributed by atoms with Gasteiger partial charge >= 0.3 is 0 Å². The molecule has 1 aromatic heterocycles. The number of non-ortho nitro benzene ring substituents is 1. The summed E-state index contributed by atoms with van der Waals surface area (Å²) in [5, 5.41) is 22.9. The largest absolute Gasteiger partial charge is 0.497 e. The molecule has 0 spiro atoms. The summed E-state index contributed by atoms with van der Waals surface area (Å²) < 4.78 is 11.2. The van der Waals surface area contributed by atoms with E-state index >= 15 is 0 Å². The highest BCUT2D eigenvalue weighted by molar-refractivity contribution is 9.10. The minimum Gasteiger partial charge on any atom is -0.497 e. The molecule has 0 aliphatic carbocycles. The highest BCUT2D eigenvalue weighted by Gasteiger charge is 2.15. The zero-order valence-corrected chi connectivity index (χ0v) is 17.2. The summed E-state index contributed by atoms with van der Waals surface area (Å²) in [5.74, 6) is 0.772. The third-order valence-corrected chi connectivity index (χ3v) is 4.71. The summed E-state index contributed by atoms with van der Waals surface area (Å²) in [6.07, 6.45) is 1.32. The number of nitro benzene ring substituents is 1. The summed E-state index contributed by atoms with van der Waals surface area (Å²) in [5.41, 5.74) is 0.909. The SMILES string of the molecule is COc1ccc(NC(=O)/C(C#N)=C\c2ccc(-c3ccc([N+](=O)[O-])cc3Br)o2)cc1. The topological polar surface area (TPSA) is 118 Å². The second-order valence-electron chi connectivity index (χ2n) is 5.98. The first kappa shape index (κ1) is 20.8. The average molecular weight is 468 g/mol. The van der Waals surface area contributed by atoms with Gasteiger partial charge in [-0.15, -0.1) is 0 Å². The molecular formula is C21H14BrN3O5. The lowest BCUT2D eigenvalue weighted by Crippen LogP contribution is -2.13. The molecule has 0 unspecified atom stereocenters. The summed E-state index contributed by atoms with van der Waals surface area (Å²) in [4.78, 5) is 22.8. The van der Waals surface area contributed by atoms with Crippen LogP contribution in [0.1, 0.15) is 5.76 Å². The van der Waals surface area contributed by atoms with E-state index in [4.69, 9.17) is 9.15 Å². The van der Waals surface area contributed by atoms with Crippen molar-refractivity contribution in [2.45, 2.75) is 0 Å². The fourth-order valence-electron chi connectivity index (χ4n) is 2.56. The highest BCUT2D eigenvalue weighted by Crippen LogP contribution is 2.33. The number of nitriles is 1. The van der Waals surface area contributed by atoms with Crippen LogP contribution in [-0.4, -0.2) is 17.9 Å². The molecule has 0 saturated carbocycles. The number of nitrogens with zero attached hydrogens (tertiary/aromatic N) is 2. The molecular weight excluding hydrogens is 454 g/mol. The number of hydrogen-bond acceptors (Lipinski definition) is 6. The van der Waals surface area contributed by atoms with Crippen LogP contribution in [0.15, 0.2) is 69.1 Å². The number of halogens is 1. The summed E-state index contributed by atoms with van der Waals surface area (Å²) >= 11 is 3.29. The van der Waals surface area contributed by atoms with Gasteiger partial charge in [-0.1, -0.05) is 0 Å². The maximum atomic E-state index is 12.4. The van der Waals surface area contributed by atoms with Gasteiger partial charge in [-0.25, -0.2) is 0 Å². The van der Waals surface area contributed by atoms with Crippen molar-refractivity contribution in [1.29, 1.82) is 5.26 Å². The Balaban J connectivity index is 1.80. The number of anilines is 1. The van der Waals surface area contributed by atoms with Crippen LogP contribution in [0.25, 0.3) is 17.4 Å². The highest BCUT2D eigenvalue weighted by atomic mass is 79.9. The third-order valence-electron chi connectivity index (χ3n) is 4.06. The zero-order valence-electron chi connectivity index (χ0n) is 15.6. The molecule has 150 valence electrons. The van der Waals surface area contributed by atoms with E-state index in [1.807, 2.05) is 6.07 Å². The quantitative estimate of drug-likeness (QED) is 0.231. The van der Waals surface area contributed by atoms with Crippen LogP contribution in [0.4, 0.5) is 11.4 Å². The number of carbonyl (C=O) groups is 1. The predicted molar refractivity (Wildman–Crippen MR) is 114 cm³/mol. The molecule has 1 amide bonds. The molecule has 0 aliphatic rings. The third kappa shape index (κ3) is 4.74. The first-order chi connectivity index (χ1) is 14.4. The van der Waals surface area contributed by atoms with Crippen molar-refractivity contribution in [3.63, 3.8) is 0 Å². The number of nitro groups is 1. The van der Waals surface area contributed by atoms with Gasteiger partial charge in [-0.05, 0) is 58.4 Å². The van der Waals surface area contributed by atoms with Gasteiger partial charge in [0.1, 0.15) is 28.9 Å². The van der Waals surface area contributed by atoms with Crippen LogP contribution in [0.5, 0.6) is 5.75 Å². The first-order valence-electron chi connectivity index (χ1n) is 8.52. The van der Waals surface area contributed by atoms with E-state index in [1.165, 1.54) is 25.3 Å². The Morgan fingerprint density at radius 1 is 1.23 bits per heavy atom. The molecule has 0 saturated heterocycles. The molecule has 30 heavy (non-hydrogen) atoms. The smallest absolute Gasteiger partial charge is 0.270 e. The fraction of sp³-hybridized carbons (Fsp3) is 0.0476.